The molecule has 1 aliphatic rings. The highest BCUT2D eigenvalue weighted by Gasteiger charge is 2.33. The quantitative estimate of drug-likeness (QED) is 0.294. The average molecular weight is 563 g/mol. The summed E-state index contributed by atoms with van der Waals surface area (Å²) in [6.45, 7) is 4.04. The maximum absolute atomic E-state index is 13.4. The van der Waals surface area contributed by atoms with Crippen LogP contribution in [0.15, 0.2) is 72.8 Å². The molecular formula is C32H38N2O5S. The number of carbonyl (C=O) groups is 2. The number of ether oxygens (including phenoxy) is 2. The molecule has 0 saturated carbocycles. The maximum Gasteiger partial charge on any atom is 0.326 e. The van der Waals surface area contributed by atoms with Crippen LogP contribution < -0.4 is 10.1 Å². The second kappa shape index (κ2) is 14.3. The van der Waals surface area contributed by atoms with Crippen molar-refractivity contribution in [1.29, 1.82) is 0 Å². The number of aryl methyl sites for hydroxylation is 1. The number of methoxy groups -OCH3 is 1. The van der Waals surface area contributed by atoms with Crippen molar-refractivity contribution >= 4 is 23.6 Å². The molecular weight excluding hydrogens is 524 g/mol. The first-order chi connectivity index (χ1) is 19.4. The van der Waals surface area contributed by atoms with Gasteiger partial charge in [-0.25, -0.2) is 4.79 Å². The van der Waals surface area contributed by atoms with E-state index >= 15 is 0 Å². The summed E-state index contributed by atoms with van der Waals surface area (Å²) in [5.74, 6) is 0.0848. The molecule has 0 aliphatic carbocycles. The lowest BCUT2D eigenvalue weighted by atomic mass is 9.93. The highest BCUT2D eigenvalue weighted by molar-refractivity contribution is 7.98. The molecule has 7 nitrogen and oxygen atoms in total. The summed E-state index contributed by atoms with van der Waals surface area (Å²) in [5, 5.41) is 12.4. The van der Waals surface area contributed by atoms with Crippen molar-refractivity contribution in [3.8, 4) is 16.9 Å². The van der Waals surface area contributed by atoms with Crippen molar-refractivity contribution in [3.63, 3.8) is 0 Å². The van der Waals surface area contributed by atoms with Crippen LogP contribution in [0, 0.1) is 6.92 Å². The number of carboxylic acid groups (broad SMARTS) is 1. The zero-order valence-electron chi connectivity index (χ0n) is 23.3. The highest BCUT2D eigenvalue weighted by atomic mass is 32.2. The normalized spacial score (nSPS) is 17.9. The van der Waals surface area contributed by atoms with Gasteiger partial charge >= 0.3 is 5.97 Å². The number of amides is 1. The minimum atomic E-state index is -1.03. The number of hydrogen-bond donors (Lipinski definition) is 2. The summed E-state index contributed by atoms with van der Waals surface area (Å²) in [4.78, 5) is 27.6. The Kier molecular flexibility index (Phi) is 10.6. The van der Waals surface area contributed by atoms with Crippen molar-refractivity contribution in [2.24, 2.45) is 0 Å². The molecule has 1 aliphatic heterocycles. The Morgan fingerprint density at radius 3 is 2.52 bits per heavy atom. The molecule has 3 atom stereocenters. The third kappa shape index (κ3) is 7.65. The van der Waals surface area contributed by atoms with Crippen molar-refractivity contribution < 1.29 is 24.2 Å². The Morgan fingerprint density at radius 1 is 1.07 bits per heavy atom. The fourth-order valence-corrected chi connectivity index (χ4v) is 5.61. The number of aliphatic carboxylic acids is 1. The van der Waals surface area contributed by atoms with Crippen LogP contribution in [0.25, 0.3) is 11.1 Å². The topological polar surface area (TPSA) is 88.1 Å². The molecule has 1 saturated heterocycles. The molecule has 40 heavy (non-hydrogen) atoms. The zero-order valence-corrected chi connectivity index (χ0v) is 24.2. The Balaban J connectivity index is 1.59. The summed E-state index contributed by atoms with van der Waals surface area (Å²) in [5.41, 5.74) is 4.31. The van der Waals surface area contributed by atoms with Gasteiger partial charge in [-0.2, -0.15) is 11.8 Å². The van der Waals surface area contributed by atoms with Crippen LogP contribution in [-0.2, 0) is 16.1 Å². The van der Waals surface area contributed by atoms with Crippen molar-refractivity contribution in [3.05, 3.63) is 89.5 Å². The van der Waals surface area contributed by atoms with Crippen LogP contribution in [0.5, 0.6) is 5.75 Å². The fraction of sp³-hybridized carbons (Fsp3) is 0.375. The van der Waals surface area contributed by atoms with E-state index in [0.29, 0.717) is 30.9 Å². The lowest BCUT2D eigenvalue weighted by Gasteiger charge is -2.25. The van der Waals surface area contributed by atoms with E-state index in [4.69, 9.17) is 9.47 Å². The first-order valence-electron chi connectivity index (χ1n) is 13.6. The van der Waals surface area contributed by atoms with Gasteiger partial charge in [0.15, 0.2) is 0 Å². The Morgan fingerprint density at radius 2 is 1.82 bits per heavy atom. The zero-order chi connectivity index (χ0) is 28.5. The molecule has 1 fully saturated rings. The number of carbonyl (C=O) groups excluding carboxylic acids is 1. The number of benzene rings is 3. The van der Waals surface area contributed by atoms with Gasteiger partial charge in [0.1, 0.15) is 18.4 Å². The van der Waals surface area contributed by atoms with Gasteiger partial charge in [-0.1, -0.05) is 48.5 Å². The van der Waals surface area contributed by atoms with E-state index in [1.54, 1.807) is 18.9 Å². The summed E-state index contributed by atoms with van der Waals surface area (Å²) in [7, 11) is 1.75. The summed E-state index contributed by atoms with van der Waals surface area (Å²) >= 11 is 1.56. The lowest BCUT2D eigenvalue weighted by Crippen LogP contribution is -2.41. The monoisotopic (exact) mass is 562 g/mol. The molecule has 212 valence electrons. The molecule has 3 aromatic rings. The minimum Gasteiger partial charge on any atom is -0.492 e. The van der Waals surface area contributed by atoms with E-state index in [0.717, 1.165) is 41.0 Å². The molecule has 1 heterocycles. The van der Waals surface area contributed by atoms with E-state index < -0.39 is 12.0 Å². The Labute approximate surface area is 240 Å². The number of thioether (sulfide) groups is 1. The van der Waals surface area contributed by atoms with Gasteiger partial charge in [0.25, 0.3) is 5.91 Å². The first kappa shape index (κ1) is 29.6. The molecule has 0 radical (unpaired) electrons. The van der Waals surface area contributed by atoms with Crippen LogP contribution in [-0.4, -0.2) is 72.3 Å². The number of carboxylic acids is 1. The molecule has 1 amide bonds. The van der Waals surface area contributed by atoms with Gasteiger partial charge in [0, 0.05) is 31.8 Å². The molecule has 0 aromatic heterocycles. The van der Waals surface area contributed by atoms with Gasteiger partial charge < -0.3 is 19.9 Å². The lowest BCUT2D eigenvalue weighted by molar-refractivity contribution is -0.139. The number of para-hydroxylation sites is 1. The Bertz CT molecular complexity index is 1290. The van der Waals surface area contributed by atoms with Crippen molar-refractivity contribution in [2.45, 2.75) is 44.5 Å². The third-order valence-corrected chi connectivity index (χ3v) is 8.02. The molecule has 0 unspecified atom stereocenters. The van der Waals surface area contributed by atoms with Crippen LogP contribution >= 0.6 is 11.8 Å². The number of hydrogen-bond acceptors (Lipinski definition) is 6. The molecule has 0 spiro atoms. The van der Waals surface area contributed by atoms with Crippen molar-refractivity contribution in [2.75, 3.05) is 32.3 Å². The van der Waals surface area contributed by atoms with E-state index in [1.165, 1.54) is 0 Å². The number of nitrogens with one attached hydrogen (secondary N) is 1. The van der Waals surface area contributed by atoms with E-state index in [2.05, 4.69) is 16.3 Å². The largest absolute Gasteiger partial charge is 0.492 e. The predicted molar refractivity (Wildman–Crippen MR) is 160 cm³/mol. The number of nitrogens with zero attached hydrogens (tertiary/aromatic N) is 1. The summed E-state index contributed by atoms with van der Waals surface area (Å²) < 4.78 is 11.8. The molecule has 3 aromatic carbocycles. The fourth-order valence-electron chi connectivity index (χ4n) is 5.13. The standard InChI is InChI=1S/C32H38N2O5S/c1-22-9-7-8-12-27(22)29-17-23(13-14-28(29)31(35)33-30(32(36)37)15-16-40-3)19-34-20-26(38-2)18-24(34)21-39-25-10-5-4-6-11-25/h4-14,17,24,26,30H,15-16,18-21H2,1-3H3,(H,33,35)(H,36,37)/t24-,26+,30-/m0/s1. The first-order valence-corrected chi connectivity index (χ1v) is 14.9. The second-order valence-corrected chi connectivity index (χ2v) is 11.1. The number of likely N-dealkylation sites (tertiary alicyclic amines) is 1. The maximum atomic E-state index is 13.4. The van der Waals surface area contributed by atoms with E-state index in [1.807, 2.05) is 79.9 Å². The SMILES string of the molecule is CO[C@@H]1C[C@@H](COc2ccccc2)N(Cc2ccc(C(=O)N[C@@H](CCSC)C(=O)O)c(-c3ccccc3C)c2)C1. The number of rotatable bonds is 13. The Hall–Kier alpha value is -3.33. The van der Waals surface area contributed by atoms with Crippen LogP contribution in [0.2, 0.25) is 0 Å². The molecule has 8 heteroatoms. The van der Waals surface area contributed by atoms with Gasteiger partial charge in [0.05, 0.1) is 6.10 Å². The molecule has 2 N–H and O–H groups in total. The minimum absolute atomic E-state index is 0.125. The highest BCUT2D eigenvalue weighted by Crippen LogP contribution is 2.30. The predicted octanol–water partition coefficient (Wildman–Crippen LogP) is 5.27. The molecule has 4 rings (SSSR count). The van der Waals surface area contributed by atoms with Crippen molar-refractivity contribution in [1.82, 2.24) is 10.2 Å². The smallest absolute Gasteiger partial charge is 0.326 e. The van der Waals surface area contributed by atoms with Crippen LogP contribution in [0.3, 0.4) is 0 Å². The second-order valence-electron chi connectivity index (χ2n) is 10.1. The average Bonchev–Trinajstić information content (AvgIpc) is 3.36. The van der Waals surface area contributed by atoms with E-state index in [-0.39, 0.29) is 18.1 Å². The van der Waals surface area contributed by atoms with Gasteiger partial charge in [0.2, 0.25) is 0 Å². The van der Waals surface area contributed by atoms with Crippen LogP contribution in [0.1, 0.15) is 34.3 Å². The molecule has 0 bridgehead atoms. The van der Waals surface area contributed by atoms with E-state index in [9.17, 15) is 14.7 Å². The van der Waals surface area contributed by atoms with Gasteiger partial charge in [-0.05, 0) is 78.3 Å². The van der Waals surface area contributed by atoms with Crippen LogP contribution in [0.4, 0.5) is 0 Å². The van der Waals surface area contributed by atoms with Gasteiger partial charge in [-0.15, -0.1) is 0 Å². The third-order valence-electron chi connectivity index (χ3n) is 7.37. The van der Waals surface area contributed by atoms with Gasteiger partial charge in [-0.3, -0.25) is 9.69 Å². The summed E-state index contributed by atoms with van der Waals surface area (Å²) in [6, 6.07) is 22.8. The summed E-state index contributed by atoms with van der Waals surface area (Å²) in [6.07, 6.45) is 3.28.